The van der Waals surface area contributed by atoms with Crippen molar-refractivity contribution < 1.29 is 27.8 Å². The van der Waals surface area contributed by atoms with Gasteiger partial charge in [0.05, 0.1) is 5.52 Å². The SMILES string of the molecule is CC(C)(C)OC(=O)n1cc(-c2cccc3c2OC(F)(F)O3)c2cnccc21. The standard InChI is InChI=1S/C19H16F2N2O4/c1-18(2,3)27-17(24)23-10-13(12-9-22-8-7-14(12)23)11-5-4-6-15-16(11)26-19(20,21)25-15/h4-10H,1-3H3. The Morgan fingerprint density at radius 3 is 2.70 bits per heavy atom. The Kier molecular flexibility index (Phi) is 3.62. The number of hydrogen-bond acceptors (Lipinski definition) is 5. The first kappa shape index (κ1) is 17.3. The number of halogens is 2. The molecule has 0 atom stereocenters. The van der Waals surface area contributed by atoms with Crippen LogP contribution in [0.15, 0.2) is 42.9 Å². The van der Waals surface area contributed by atoms with E-state index in [1.807, 2.05) is 0 Å². The summed E-state index contributed by atoms with van der Waals surface area (Å²) in [5, 5.41) is 0.593. The molecule has 27 heavy (non-hydrogen) atoms. The van der Waals surface area contributed by atoms with Gasteiger partial charge >= 0.3 is 12.4 Å². The normalized spacial score (nSPS) is 15.1. The van der Waals surface area contributed by atoms with Crippen molar-refractivity contribution in [3.63, 3.8) is 0 Å². The molecule has 0 fully saturated rings. The van der Waals surface area contributed by atoms with Crippen LogP contribution in [0, 0.1) is 0 Å². The van der Waals surface area contributed by atoms with Gasteiger partial charge in [0.1, 0.15) is 5.60 Å². The first-order valence-electron chi connectivity index (χ1n) is 8.22. The summed E-state index contributed by atoms with van der Waals surface area (Å²) < 4.78 is 43.0. The second-order valence-corrected chi connectivity index (χ2v) is 7.09. The number of benzene rings is 1. The monoisotopic (exact) mass is 374 g/mol. The van der Waals surface area contributed by atoms with Crippen molar-refractivity contribution >= 4 is 17.0 Å². The van der Waals surface area contributed by atoms with E-state index in [4.69, 9.17) is 4.74 Å². The molecule has 140 valence electrons. The van der Waals surface area contributed by atoms with Gasteiger partial charge in [-0.25, -0.2) is 4.79 Å². The highest BCUT2D eigenvalue weighted by Gasteiger charge is 2.44. The van der Waals surface area contributed by atoms with Crippen LogP contribution in [0.5, 0.6) is 11.5 Å². The number of fused-ring (bicyclic) bond motifs is 2. The molecule has 8 heteroatoms. The van der Waals surface area contributed by atoms with E-state index in [2.05, 4.69) is 14.5 Å². The number of carbonyl (C=O) groups is 1. The van der Waals surface area contributed by atoms with Crippen LogP contribution in [0.3, 0.4) is 0 Å². The van der Waals surface area contributed by atoms with Gasteiger partial charge in [0.2, 0.25) is 0 Å². The maximum atomic E-state index is 13.5. The fourth-order valence-corrected chi connectivity index (χ4v) is 2.93. The van der Waals surface area contributed by atoms with Crippen LogP contribution in [-0.2, 0) is 4.74 Å². The van der Waals surface area contributed by atoms with Crippen LogP contribution in [0.1, 0.15) is 20.8 Å². The van der Waals surface area contributed by atoms with Crippen LogP contribution < -0.4 is 9.47 Å². The number of ether oxygens (including phenoxy) is 3. The van der Waals surface area contributed by atoms with Gasteiger partial charge < -0.3 is 14.2 Å². The minimum Gasteiger partial charge on any atom is -0.443 e. The third kappa shape index (κ3) is 3.07. The fourth-order valence-electron chi connectivity index (χ4n) is 2.93. The second kappa shape index (κ2) is 5.67. The molecule has 0 saturated heterocycles. The van der Waals surface area contributed by atoms with Gasteiger partial charge in [-0.1, -0.05) is 12.1 Å². The minimum absolute atomic E-state index is 0.0699. The lowest BCUT2D eigenvalue weighted by atomic mass is 10.0. The molecule has 0 N–H and O–H groups in total. The van der Waals surface area contributed by atoms with E-state index in [1.54, 1.807) is 45.2 Å². The highest BCUT2D eigenvalue weighted by atomic mass is 19.3. The number of rotatable bonds is 1. The molecule has 4 rings (SSSR count). The fraction of sp³-hybridized carbons (Fsp3) is 0.263. The summed E-state index contributed by atoms with van der Waals surface area (Å²) in [6, 6.07) is 6.24. The van der Waals surface area contributed by atoms with Crippen LogP contribution in [-0.4, -0.2) is 27.5 Å². The number of carbonyl (C=O) groups excluding carboxylic acids is 1. The molecule has 6 nitrogen and oxygen atoms in total. The molecular formula is C19H16F2N2O4. The van der Waals surface area contributed by atoms with Crippen molar-refractivity contribution in [1.29, 1.82) is 0 Å². The predicted molar refractivity (Wildman–Crippen MR) is 93.0 cm³/mol. The van der Waals surface area contributed by atoms with E-state index in [0.29, 0.717) is 22.0 Å². The molecule has 3 heterocycles. The topological polar surface area (TPSA) is 62.6 Å². The van der Waals surface area contributed by atoms with Gasteiger partial charge in [0, 0.05) is 35.1 Å². The summed E-state index contributed by atoms with van der Waals surface area (Å²) in [5.41, 5.74) is 0.720. The average Bonchev–Trinajstić information content (AvgIpc) is 3.09. The minimum atomic E-state index is -3.74. The summed E-state index contributed by atoms with van der Waals surface area (Å²) >= 11 is 0. The van der Waals surface area contributed by atoms with Crippen LogP contribution in [0.4, 0.5) is 13.6 Å². The Bertz CT molecular complexity index is 1050. The van der Waals surface area contributed by atoms with Gasteiger partial charge in [-0.15, -0.1) is 8.78 Å². The number of nitrogens with zero attached hydrogens (tertiary/aromatic N) is 2. The van der Waals surface area contributed by atoms with Crippen molar-refractivity contribution in [3.8, 4) is 22.6 Å². The largest absolute Gasteiger partial charge is 0.586 e. The molecule has 3 aromatic rings. The number of para-hydroxylation sites is 1. The van der Waals surface area contributed by atoms with E-state index in [-0.39, 0.29) is 11.5 Å². The quantitative estimate of drug-likeness (QED) is 0.612. The van der Waals surface area contributed by atoms with E-state index < -0.39 is 18.0 Å². The molecule has 1 aromatic carbocycles. The first-order valence-corrected chi connectivity index (χ1v) is 8.22. The smallest absolute Gasteiger partial charge is 0.443 e. The van der Waals surface area contributed by atoms with Crippen molar-refractivity contribution in [3.05, 3.63) is 42.9 Å². The average molecular weight is 374 g/mol. The zero-order chi connectivity index (χ0) is 19.4. The van der Waals surface area contributed by atoms with Crippen LogP contribution in [0.2, 0.25) is 0 Å². The molecule has 0 unspecified atom stereocenters. The molecule has 0 saturated carbocycles. The third-order valence-corrected chi connectivity index (χ3v) is 3.91. The number of hydrogen-bond donors (Lipinski definition) is 0. The van der Waals surface area contributed by atoms with Gasteiger partial charge in [0.15, 0.2) is 11.5 Å². The second-order valence-electron chi connectivity index (χ2n) is 7.09. The maximum Gasteiger partial charge on any atom is 0.586 e. The zero-order valence-corrected chi connectivity index (χ0v) is 14.8. The van der Waals surface area contributed by atoms with E-state index in [1.165, 1.54) is 23.0 Å². The Morgan fingerprint density at radius 2 is 1.96 bits per heavy atom. The molecular weight excluding hydrogens is 358 g/mol. The molecule has 0 spiro atoms. The molecule has 0 amide bonds. The molecule has 0 bridgehead atoms. The lowest BCUT2D eigenvalue weighted by Crippen LogP contribution is -2.26. The van der Waals surface area contributed by atoms with Gasteiger partial charge in [-0.05, 0) is 32.9 Å². The zero-order valence-electron chi connectivity index (χ0n) is 14.8. The molecule has 2 aromatic heterocycles. The van der Waals surface area contributed by atoms with Crippen molar-refractivity contribution in [2.45, 2.75) is 32.7 Å². The molecule has 0 radical (unpaired) electrons. The van der Waals surface area contributed by atoms with E-state index in [9.17, 15) is 13.6 Å². The summed E-state index contributed by atoms with van der Waals surface area (Å²) in [5.74, 6) is -0.158. The van der Waals surface area contributed by atoms with Crippen LogP contribution >= 0.6 is 0 Å². The van der Waals surface area contributed by atoms with Crippen molar-refractivity contribution in [1.82, 2.24) is 9.55 Å². The van der Waals surface area contributed by atoms with E-state index >= 15 is 0 Å². The molecule has 1 aliphatic heterocycles. The van der Waals surface area contributed by atoms with Gasteiger partial charge in [-0.3, -0.25) is 9.55 Å². The predicted octanol–water partition coefficient (Wildman–Crippen LogP) is 4.81. The molecule has 1 aliphatic rings. The Balaban J connectivity index is 1.88. The Morgan fingerprint density at radius 1 is 1.19 bits per heavy atom. The first-order chi connectivity index (χ1) is 12.6. The third-order valence-electron chi connectivity index (χ3n) is 3.91. The maximum absolute atomic E-state index is 13.5. The number of alkyl halides is 2. The summed E-state index contributed by atoms with van der Waals surface area (Å²) in [6.45, 7) is 5.28. The Labute approximate surface area is 153 Å². The van der Waals surface area contributed by atoms with Crippen molar-refractivity contribution in [2.24, 2.45) is 0 Å². The van der Waals surface area contributed by atoms with Crippen LogP contribution in [0.25, 0.3) is 22.0 Å². The summed E-state index contributed by atoms with van der Waals surface area (Å²) in [7, 11) is 0. The summed E-state index contributed by atoms with van der Waals surface area (Å²) in [4.78, 5) is 16.7. The lowest BCUT2D eigenvalue weighted by molar-refractivity contribution is -0.286. The highest BCUT2D eigenvalue weighted by molar-refractivity contribution is 6.01. The highest BCUT2D eigenvalue weighted by Crippen LogP contribution is 2.48. The number of pyridine rings is 1. The van der Waals surface area contributed by atoms with Gasteiger partial charge in [-0.2, -0.15) is 0 Å². The summed E-state index contributed by atoms with van der Waals surface area (Å²) in [6.07, 6.45) is 0.297. The van der Waals surface area contributed by atoms with Gasteiger partial charge in [0.25, 0.3) is 0 Å². The van der Waals surface area contributed by atoms with Crippen molar-refractivity contribution in [2.75, 3.05) is 0 Å². The Hall–Kier alpha value is -3.16. The molecule has 0 aliphatic carbocycles. The van der Waals surface area contributed by atoms with E-state index in [0.717, 1.165) is 0 Å². The lowest BCUT2D eigenvalue weighted by Gasteiger charge is -2.19. The number of aromatic nitrogens is 2.